The van der Waals surface area contributed by atoms with Gasteiger partial charge in [-0.1, -0.05) is 6.92 Å². The maximum Gasteiger partial charge on any atom is 0.230 e. The van der Waals surface area contributed by atoms with Crippen molar-refractivity contribution in [3.8, 4) is 0 Å². The highest BCUT2D eigenvalue weighted by Crippen LogP contribution is 2.31. The summed E-state index contributed by atoms with van der Waals surface area (Å²) in [5, 5.41) is 11.3. The molecule has 78 valence electrons. The lowest BCUT2D eigenvalue weighted by atomic mass is 10.1. The van der Waals surface area contributed by atoms with E-state index in [9.17, 15) is 0 Å². The van der Waals surface area contributed by atoms with E-state index in [-0.39, 0.29) is 0 Å². The Morgan fingerprint density at radius 2 is 2.50 bits per heavy atom. The zero-order valence-electron chi connectivity index (χ0n) is 8.32. The van der Waals surface area contributed by atoms with Crippen molar-refractivity contribution in [1.29, 1.82) is 0 Å². The van der Waals surface area contributed by atoms with Gasteiger partial charge in [0.2, 0.25) is 11.8 Å². The van der Waals surface area contributed by atoms with Gasteiger partial charge in [0.25, 0.3) is 0 Å². The molecule has 1 aliphatic rings. The van der Waals surface area contributed by atoms with E-state index in [4.69, 9.17) is 4.42 Å². The molecule has 1 unspecified atom stereocenters. The summed E-state index contributed by atoms with van der Waals surface area (Å²) in [5.41, 5.74) is 0. The Hall–Kier alpha value is -0.550. The van der Waals surface area contributed by atoms with Crippen LogP contribution in [-0.2, 0) is 6.54 Å². The van der Waals surface area contributed by atoms with Crippen molar-refractivity contribution >= 4 is 11.8 Å². The second-order valence-corrected chi connectivity index (χ2v) is 4.52. The first-order valence-corrected chi connectivity index (χ1v) is 6.16. The number of thioether (sulfide) groups is 1. The third-order valence-corrected chi connectivity index (χ3v) is 3.45. The molecular weight excluding hydrogens is 198 g/mol. The van der Waals surface area contributed by atoms with Gasteiger partial charge in [-0.15, -0.1) is 10.2 Å². The maximum atomic E-state index is 5.57. The minimum Gasteiger partial charge on any atom is -0.424 e. The molecule has 0 radical (unpaired) electrons. The van der Waals surface area contributed by atoms with Gasteiger partial charge in [-0.2, -0.15) is 11.8 Å². The molecule has 0 bridgehead atoms. The molecule has 0 aliphatic carbocycles. The van der Waals surface area contributed by atoms with Gasteiger partial charge in [0.1, 0.15) is 0 Å². The summed E-state index contributed by atoms with van der Waals surface area (Å²) in [6.07, 6.45) is 1.17. The number of hydrogen-bond donors (Lipinski definition) is 1. The number of hydrogen-bond acceptors (Lipinski definition) is 5. The van der Waals surface area contributed by atoms with Gasteiger partial charge in [0.15, 0.2) is 0 Å². The first kappa shape index (κ1) is 9.98. The van der Waals surface area contributed by atoms with E-state index in [2.05, 4.69) is 22.4 Å². The van der Waals surface area contributed by atoms with Gasteiger partial charge in [0, 0.05) is 11.7 Å². The second-order valence-electron chi connectivity index (χ2n) is 3.37. The van der Waals surface area contributed by atoms with Gasteiger partial charge in [-0.3, -0.25) is 0 Å². The van der Waals surface area contributed by atoms with Gasteiger partial charge in [-0.25, -0.2) is 0 Å². The fourth-order valence-corrected chi connectivity index (χ4v) is 2.68. The highest BCUT2D eigenvalue weighted by molar-refractivity contribution is 7.99. The Morgan fingerprint density at radius 3 is 3.21 bits per heavy atom. The maximum absolute atomic E-state index is 5.57. The molecule has 1 aromatic heterocycles. The van der Waals surface area contributed by atoms with E-state index >= 15 is 0 Å². The van der Waals surface area contributed by atoms with E-state index in [1.165, 1.54) is 12.2 Å². The highest BCUT2D eigenvalue weighted by Gasteiger charge is 2.22. The number of rotatable bonds is 4. The predicted molar refractivity (Wildman–Crippen MR) is 56.4 cm³/mol. The van der Waals surface area contributed by atoms with Crippen LogP contribution in [0.1, 0.15) is 31.0 Å². The second kappa shape index (κ2) is 4.79. The molecule has 14 heavy (non-hydrogen) atoms. The van der Waals surface area contributed by atoms with Gasteiger partial charge >= 0.3 is 0 Å². The van der Waals surface area contributed by atoms with Crippen LogP contribution in [0, 0.1) is 0 Å². The van der Waals surface area contributed by atoms with E-state index in [0.717, 1.165) is 18.2 Å². The Bertz CT molecular complexity index is 283. The first-order chi connectivity index (χ1) is 6.90. The van der Waals surface area contributed by atoms with E-state index in [1.807, 2.05) is 11.8 Å². The van der Waals surface area contributed by atoms with Crippen LogP contribution in [0.25, 0.3) is 0 Å². The van der Waals surface area contributed by atoms with E-state index < -0.39 is 0 Å². The molecule has 2 rings (SSSR count). The Labute approximate surface area is 87.9 Å². The molecule has 1 saturated heterocycles. The Morgan fingerprint density at radius 1 is 1.57 bits per heavy atom. The average molecular weight is 213 g/mol. The summed E-state index contributed by atoms with van der Waals surface area (Å²) in [5.74, 6) is 4.36. The minimum absolute atomic E-state index is 0.489. The molecule has 0 spiro atoms. The lowest BCUT2D eigenvalue weighted by molar-refractivity contribution is 0.414. The third-order valence-electron chi connectivity index (χ3n) is 2.29. The van der Waals surface area contributed by atoms with Crippen LogP contribution in [-0.4, -0.2) is 28.2 Å². The quantitative estimate of drug-likeness (QED) is 0.819. The largest absolute Gasteiger partial charge is 0.424 e. The molecule has 1 N–H and O–H groups in total. The van der Waals surface area contributed by atoms with Gasteiger partial charge < -0.3 is 9.73 Å². The highest BCUT2D eigenvalue weighted by atomic mass is 32.2. The zero-order chi connectivity index (χ0) is 9.80. The van der Waals surface area contributed by atoms with Crippen molar-refractivity contribution in [3.05, 3.63) is 11.8 Å². The molecule has 0 aromatic carbocycles. The van der Waals surface area contributed by atoms with Crippen molar-refractivity contribution in [2.45, 2.75) is 25.8 Å². The molecule has 2 heterocycles. The predicted octanol–water partition coefficient (Wildman–Crippen LogP) is 1.40. The summed E-state index contributed by atoms with van der Waals surface area (Å²) in [6, 6.07) is 0. The normalized spacial score (nSPS) is 21.6. The summed E-state index contributed by atoms with van der Waals surface area (Å²) in [7, 11) is 0. The molecule has 1 aromatic rings. The van der Waals surface area contributed by atoms with Crippen LogP contribution >= 0.6 is 11.8 Å². The molecule has 1 fully saturated rings. The van der Waals surface area contributed by atoms with Crippen molar-refractivity contribution < 1.29 is 4.42 Å². The molecule has 5 heteroatoms. The fraction of sp³-hybridized carbons (Fsp3) is 0.778. The van der Waals surface area contributed by atoms with Crippen molar-refractivity contribution in [2.75, 3.05) is 18.1 Å². The van der Waals surface area contributed by atoms with Crippen LogP contribution in [0.5, 0.6) is 0 Å². The molecular formula is C9H15N3OS. The van der Waals surface area contributed by atoms with Gasteiger partial charge in [0.05, 0.1) is 6.54 Å². The lowest BCUT2D eigenvalue weighted by Crippen LogP contribution is -2.11. The van der Waals surface area contributed by atoms with E-state index in [0.29, 0.717) is 18.4 Å². The third kappa shape index (κ3) is 2.27. The van der Waals surface area contributed by atoms with Crippen LogP contribution in [0.2, 0.25) is 0 Å². The van der Waals surface area contributed by atoms with Gasteiger partial charge in [-0.05, 0) is 18.7 Å². The smallest absolute Gasteiger partial charge is 0.230 e. The van der Waals surface area contributed by atoms with Crippen molar-refractivity contribution in [2.24, 2.45) is 0 Å². The SMILES string of the molecule is CCNCc1nnc(C2CCSC2)o1. The average Bonchev–Trinajstić information content (AvgIpc) is 2.85. The van der Waals surface area contributed by atoms with Crippen LogP contribution in [0.4, 0.5) is 0 Å². The topological polar surface area (TPSA) is 51.0 Å². The molecule has 0 amide bonds. The monoisotopic (exact) mass is 213 g/mol. The molecule has 1 atom stereocenters. The Balaban J connectivity index is 1.94. The summed E-state index contributed by atoms with van der Waals surface area (Å²) >= 11 is 1.96. The van der Waals surface area contributed by atoms with Crippen molar-refractivity contribution in [3.63, 3.8) is 0 Å². The van der Waals surface area contributed by atoms with Crippen LogP contribution < -0.4 is 5.32 Å². The van der Waals surface area contributed by atoms with E-state index in [1.54, 1.807) is 0 Å². The summed E-state index contributed by atoms with van der Waals surface area (Å²) in [6.45, 7) is 3.67. The zero-order valence-corrected chi connectivity index (χ0v) is 9.14. The fourth-order valence-electron chi connectivity index (χ4n) is 1.46. The summed E-state index contributed by atoms with van der Waals surface area (Å²) in [4.78, 5) is 0. The number of nitrogens with one attached hydrogen (secondary N) is 1. The first-order valence-electron chi connectivity index (χ1n) is 5.01. The van der Waals surface area contributed by atoms with Crippen molar-refractivity contribution in [1.82, 2.24) is 15.5 Å². The van der Waals surface area contributed by atoms with Crippen LogP contribution in [0.3, 0.4) is 0 Å². The minimum atomic E-state index is 0.489. The summed E-state index contributed by atoms with van der Waals surface area (Å²) < 4.78 is 5.57. The number of aromatic nitrogens is 2. The molecule has 1 aliphatic heterocycles. The Kier molecular flexibility index (Phi) is 3.42. The molecule has 4 nitrogen and oxygen atoms in total. The number of nitrogens with zero attached hydrogens (tertiary/aromatic N) is 2. The lowest BCUT2D eigenvalue weighted by Gasteiger charge is -1.99. The molecule has 0 saturated carbocycles. The van der Waals surface area contributed by atoms with Crippen LogP contribution in [0.15, 0.2) is 4.42 Å². The standard InChI is InChI=1S/C9H15N3OS/c1-2-10-5-8-11-12-9(13-8)7-3-4-14-6-7/h7,10H,2-6H2,1H3.